The third kappa shape index (κ3) is 2.59. The number of rotatable bonds is 2. The summed E-state index contributed by atoms with van der Waals surface area (Å²) in [5.41, 5.74) is 0. The summed E-state index contributed by atoms with van der Waals surface area (Å²) in [5, 5.41) is 3.13. The van der Waals surface area contributed by atoms with E-state index in [9.17, 15) is 12.8 Å². The summed E-state index contributed by atoms with van der Waals surface area (Å²) in [6, 6.07) is 3.51. The molecule has 4 nitrogen and oxygen atoms in total. The molecule has 1 aliphatic heterocycles. The predicted molar refractivity (Wildman–Crippen MR) is 70.3 cm³/mol. The van der Waals surface area contributed by atoms with E-state index in [1.807, 2.05) is 6.92 Å². The van der Waals surface area contributed by atoms with Crippen molar-refractivity contribution in [1.29, 1.82) is 0 Å². The minimum absolute atomic E-state index is 0.109. The van der Waals surface area contributed by atoms with Gasteiger partial charge in [-0.05, 0) is 41.1 Å². The maximum Gasteiger partial charge on any atom is 0.244 e. The molecule has 1 aromatic rings. The third-order valence-electron chi connectivity index (χ3n) is 2.92. The second-order valence-electron chi connectivity index (χ2n) is 4.24. The molecular weight excluding hydrogens is 323 g/mol. The van der Waals surface area contributed by atoms with Crippen molar-refractivity contribution in [3.63, 3.8) is 0 Å². The van der Waals surface area contributed by atoms with Gasteiger partial charge in [0.15, 0.2) is 0 Å². The number of nitrogens with zero attached hydrogens (tertiary/aromatic N) is 1. The zero-order chi connectivity index (χ0) is 13.3. The summed E-state index contributed by atoms with van der Waals surface area (Å²) in [5.74, 6) is -0.464. The molecule has 0 aromatic heterocycles. The van der Waals surface area contributed by atoms with E-state index in [-0.39, 0.29) is 15.4 Å². The fourth-order valence-electron chi connectivity index (χ4n) is 1.99. The zero-order valence-electron chi connectivity index (χ0n) is 9.86. The van der Waals surface area contributed by atoms with Gasteiger partial charge in [-0.3, -0.25) is 0 Å². The Balaban J connectivity index is 2.41. The first-order valence-electron chi connectivity index (χ1n) is 5.60. The highest BCUT2D eigenvalue weighted by Crippen LogP contribution is 2.27. The van der Waals surface area contributed by atoms with Gasteiger partial charge in [0.2, 0.25) is 10.0 Å². The first-order chi connectivity index (χ1) is 8.43. The summed E-state index contributed by atoms with van der Waals surface area (Å²) in [6.45, 7) is 3.52. The third-order valence-corrected chi connectivity index (χ3v) is 5.91. The van der Waals surface area contributed by atoms with Crippen LogP contribution in [0.1, 0.15) is 6.92 Å². The molecule has 1 N–H and O–H groups in total. The van der Waals surface area contributed by atoms with E-state index in [0.717, 1.165) is 6.07 Å². The van der Waals surface area contributed by atoms with E-state index in [2.05, 4.69) is 21.2 Å². The van der Waals surface area contributed by atoms with Crippen molar-refractivity contribution in [2.75, 3.05) is 19.6 Å². The van der Waals surface area contributed by atoms with Crippen molar-refractivity contribution >= 4 is 26.0 Å². The molecular formula is C11H14BrFN2O2S. The van der Waals surface area contributed by atoms with E-state index in [4.69, 9.17) is 0 Å². The van der Waals surface area contributed by atoms with Gasteiger partial charge in [-0.15, -0.1) is 0 Å². The van der Waals surface area contributed by atoms with Gasteiger partial charge in [0.25, 0.3) is 0 Å². The normalized spacial score (nSPS) is 22.1. The number of hydrogen-bond donors (Lipinski definition) is 1. The highest BCUT2D eigenvalue weighted by Gasteiger charge is 2.32. The smallest absolute Gasteiger partial charge is 0.244 e. The topological polar surface area (TPSA) is 49.4 Å². The number of piperazine rings is 1. The van der Waals surface area contributed by atoms with Crippen molar-refractivity contribution < 1.29 is 12.8 Å². The van der Waals surface area contributed by atoms with Gasteiger partial charge in [-0.2, -0.15) is 4.31 Å². The Hall–Kier alpha value is -0.500. The van der Waals surface area contributed by atoms with Crippen LogP contribution in [0.25, 0.3) is 0 Å². The van der Waals surface area contributed by atoms with Crippen LogP contribution in [0.4, 0.5) is 4.39 Å². The number of halogens is 2. The fraction of sp³-hybridized carbons (Fsp3) is 0.455. The molecule has 0 aliphatic carbocycles. The van der Waals surface area contributed by atoms with E-state index in [1.165, 1.54) is 16.4 Å². The van der Waals surface area contributed by atoms with Crippen molar-refractivity contribution in [2.45, 2.75) is 17.9 Å². The van der Waals surface area contributed by atoms with Gasteiger partial charge >= 0.3 is 0 Å². The van der Waals surface area contributed by atoms with Crippen LogP contribution in [0.5, 0.6) is 0 Å². The second-order valence-corrected chi connectivity index (χ2v) is 6.96. The zero-order valence-corrected chi connectivity index (χ0v) is 12.3. The van der Waals surface area contributed by atoms with Crippen LogP contribution in [0.3, 0.4) is 0 Å². The molecule has 7 heteroatoms. The van der Waals surface area contributed by atoms with Crippen LogP contribution < -0.4 is 5.32 Å². The lowest BCUT2D eigenvalue weighted by molar-refractivity contribution is 0.283. The van der Waals surface area contributed by atoms with Gasteiger partial charge in [0, 0.05) is 30.1 Å². The van der Waals surface area contributed by atoms with Crippen molar-refractivity contribution in [3.8, 4) is 0 Å². The molecule has 18 heavy (non-hydrogen) atoms. The van der Waals surface area contributed by atoms with Crippen LogP contribution in [-0.4, -0.2) is 38.4 Å². The predicted octanol–water partition coefficient (Wildman–Crippen LogP) is 1.57. The van der Waals surface area contributed by atoms with Crippen LogP contribution >= 0.6 is 15.9 Å². The number of benzene rings is 1. The maximum atomic E-state index is 13.0. The van der Waals surface area contributed by atoms with Gasteiger partial charge in [-0.25, -0.2) is 12.8 Å². The molecule has 0 saturated carbocycles. The van der Waals surface area contributed by atoms with E-state index in [1.54, 1.807) is 0 Å². The lowest BCUT2D eigenvalue weighted by Crippen LogP contribution is -2.52. The van der Waals surface area contributed by atoms with E-state index in [0.29, 0.717) is 19.6 Å². The Kier molecular flexibility index (Phi) is 4.05. The first kappa shape index (κ1) is 13.9. The molecule has 2 rings (SSSR count). The standard InChI is InChI=1S/C11H14BrFN2O2S/c1-8-7-14-4-5-15(8)18(16,17)11-3-2-9(13)6-10(11)12/h2-3,6,8,14H,4-5,7H2,1H3/t8-/m0/s1. The van der Waals surface area contributed by atoms with Crippen molar-refractivity contribution in [2.24, 2.45) is 0 Å². The number of nitrogens with one attached hydrogen (secondary N) is 1. The lowest BCUT2D eigenvalue weighted by atomic mass is 10.3. The summed E-state index contributed by atoms with van der Waals surface area (Å²) >= 11 is 3.11. The first-order valence-corrected chi connectivity index (χ1v) is 7.84. The average Bonchev–Trinajstić information content (AvgIpc) is 2.28. The fourth-order valence-corrected chi connectivity index (χ4v) is 4.63. The highest BCUT2D eigenvalue weighted by atomic mass is 79.9. The van der Waals surface area contributed by atoms with Crippen LogP contribution in [0.15, 0.2) is 27.6 Å². The Bertz CT molecular complexity index is 550. The number of sulfonamides is 1. The Morgan fingerprint density at radius 2 is 2.22 bits per heavy atom. The minimum Gasteiger partial charge on any atom is -0.314 e. The molecule has 0 amide bonds. The molecule has 0 spiro atoms. The minimum atomic E-state index is -3.58. The number of hydrogen-bond acceptors (Lipinski definition) is 3. The van der Waals surface area contributed by atoms with Crippen LogP contribution in [0.2, 0.25) is 0 Å². The molecule has 0 radical (unpaired) electrons. The molecule has 0 bridgehead atoms. The summed E-state index contributed by atoms with van der Waals surface area (Å²) in [4.78, 5) is 0.109. The van der Waals surface area contributed by atoms with Gasteiger partial charge in [0.1, 0.15) is 5.82 Å². The van der Waals surface area contributed by atoms with E-state index < -0.39 is 15.8 Å². The van der Waals surface area contributed by atoms with Gasteiger partial charge in [-0.1, -0.05) is 0 Å². The molecule has 1 aromatic carbocycles. The molecule has 1 heterocycles. The van der Waals surface area contributed by atoms with Crippen molar-refractivity contribution in [1.82, 2.24) is 9.62 Å². The Morgan fingerprint density at radius 1 is 1.50 bits per heavy atom. The Morgan fingerprint density at radius 3 is 2.83 bits per heavy atom. The molecule has 1 fully saturated rings. The average molecular weight is 337 g/mol. The summed E-state index contributed by atoms with van der Waals surface area (Å²) in [7, 11) is -3.58. The highest BCUT2D eigenvalue weighted by molar-refractivity contribution is 9.10. The quantitative estimate of drug-likeness (QED) is 0.891. The Labute approximate surface area is 114 Å². The monoisotopic (exact) mass is 336 g/mol. The van der Waals surface area contributed by atoms with Crippen LogP contribution in [0, 0.1) is 5.82 Å². The molecule has 1 saturated heterocycles. The molecule has 1 atom stereocenters. The van der Waals surface area contributed by atoms with Gasteiger partial charge < -0.3 is 5.32 Å². The molecule has 0 unspecified atom stereocenters. The molecule has 100 valence electrons. The van der Waals surface area contributed by atoms with Gasteiger partial charge in [0.05, 0.1) is 4.90 Å². The lowest BCUT2D eigenvalue weighted by Gasteiger charge is -2.33. The SMILES string of the molecule is C[C@H]1CNCCN1S(=O)(=O)c1ccc(F)cc1Br. The molecule has 1 aliphatic rings. The van der Waals surface area contributed by atoms with Crippen molar-refractivity contribution in [3.05, 3.63) is 28.5 Å². The second kappa shape index (κ2) is 5.24. The maximum absolute atomic E-state index is 13.0. The van der Waals surface area contributed by atoms with E-state index >= 15 is 0 Å². The summed E-state index contributed by atoms with van der Waals surface area (Å²) < 4.78 is 39.7. The van der Waals surface area contributed by atoms with Crippen LogP contribution in [-0.2, 0) is 10.0 Å². The largest absolute Gasteiger partial charge is 0.314 e. The summed E-state index contributed by atoms with van der Waals surface area (Å²) in [6.07, 6.45) is 0.